The molecule has 1 aliphatic heterocycles. The number of hydrogen-bond acceptors (Lipinski definition) is 4. The minimum Gasteiger partial charge on any atom is -0.469 e. The number of anilines is 1. The van der Waals surface area contributed by atoms with Crippen LogP contribution < -0.4 is 5.32 Å². The molecule has 7 heteroatoms. The van der Waals surface area contributed by atoms with Crippen molar-refractivity contribution < 1.29 is 23.5 Å². The predicted octanol–water partition coefficient (Wildman–Crippen LogP) is 3.62. The molecule has 0 aromatic heterocycles. The van der Waals surface area contributed by atoms with Gasteiger partial charge in [-0.05, 0) is 48.2 Å². The lowest BCUT2D eigenvalue weighted by Crippen LogP contribution is -2.43. The molecular weight excluding hydrogens is 387 g/mol. The van der Waals surface area contributed by atoms with Crippen molar-refractivity contribution in [1.29, 1.82) is 0 Å². The number of esters is 1. The standard InChI is InChI=1S/C23H25FN2O4/c1-30-22(28)12-11-21(27)26-13-3-5-18(15-26)23(29)25-20-6-2-4-17(14-20)16-7-9-19(24)10-8-16/h2,4,6-10,14,18H,3,5,11-13,15H2,1H3,(H,25,29)/t18-/m0/s1. The lowest BCUT2D eigenvalue weighted by Gasteiger charge is -2.32. The summed E-state index contributed by atoms with van der Waals surface area (Å²) in [5, 5.41) is 2.93. The molecule has 0 bridgehead atoms. The Bertz CT molecular complexity index is 914. The summed E-state index contributed by atoms with van der Waals surface area (Å²) in [6, 6.07) is 13.5. The highest BCUT2D eigenvalue weighted by Crippen LogP contribution is 2.24. The molecule has 0 unspecified atom stereocenters. The van der Waals surface area contributed by atoms with Crippen LogP contribution in [0.5, 0.6) is 0 Å². The maximum absolute atomic E-state index is 13.1. The molecule has 0 saturated carbocycles. The molecular formula is C23H25FN2O4. The number of hydrogen-bond donors (Lipinski definition) is 1. The first-order chi connectivity index (χ1) is 14.5. The summed E-state index contributed by atoms with van der Waals surface area (Å²) in [5.41, 5.74) is 2.37. The third kappa shape index (κ3) is 5.65. The molecule has 1 fully saturated rings. The van der Waals surface area contributed by atoms with Gasteiger partial charge in [0.25, 0.3) is 0 Å². The Morgan fingerprint density at radius 1 is 1.10 bits per heavy atom. The molecule has 0 radical (unpaired) electrons. The molecule has 0 aliphatic carbocycles. The molecule has 1 heterocycles. The van der Waals surface area contributed by atoms with Crippen LogP contribution in [0.3, 0.4) is 0 Å². The Morgan fingerprint density at radius 2 is 1.87 bits per heavy atom. The monoisotopic (exact) mass is 412 g/mol. The summed E-state index contributed by atoms with van der Waals surface area (Å²) in [4.78, 5) is 38.0. The zero-order valence-corrected chi connectivity index (χ0v) is 16.9. The van der Waals surface area contributed by atoms with Crippen LogP contribution in [0, 0.1) is 11.7 Å². The van der Waals surface area contributed by atoms with Crippen LogP contribution in [0.15, 0.2) is 48.5 Å². The van der Waals surface area contributed by atoms with E-state index >= 15 is 0 Å². The number of carbonyl (C=O) groups is 3. The average molecular weight is 412 g/mol. The zero-order valence-electron chi connectivity index (χ0n) is 16.9. The molecule has 2 aromatic rings. The van der Waals surface area contributed by atoms with Gasteiger partial charge in [-0.3, -0.25) is 14.4 Å². The number of nitrogens with one attached hydrogen (secondary N) is 1. The van der Waals surface area contributed by atoms with Gasteiger partial charge in [-0.25, -0.2) is 4.39 Å². The number of benzene rings is 2. The number of likely N-dealkylation sites (tertiary alicyclic amines) is 1. The third-order valence-electron chi connectivity index (χ3n) is 5.22. The highest BCUT2D eigenvalue weighted by molar-refractivity contribution is 5.94. The molecule has 158 valence electrons. The van der Waals surface area contributed by atoms with E-state index in [0.717, 1.165) is 17.5 Å². The van der Waals surface area contributed by atoms with E-state index in [2.05, 4.69) is 10.1 Å². The van der Waals surface area contributed by atoms with Crippen molar-refractivity contribution in [3.05, 3.63) is 54.3 Å². The molecule has 3 rings (SSSR count). The molecule has 30 heavy (non-hydrogen) atoms. The van der Waals surface area contributed by atoms with Gasteiger partial charge in [0, 0.05) is 25.2 Å². The van der Waals surface area contributed by atoms with Crippen LogP contribution in [0.1, 0.15) is 25.7 Å². The first-order valence-corrected chi connectivity index (χ1v) is 9.97. The lowest BCUT2D eigenvalue weighted by molar-refractivity contribution is -0.144. The fraction of sp³-hybridized carbons (Fsp3) is 0.348. The Labute approximate surface area is 175 Å². The maximum atomic E-state index is 13.1. The Balaban J connectivity index is 1.60. The number of amides is 2. The Kier molecular flexibility index (Phi) is 7.17. The predicted molar refractivity (Wildman–Crippen MR) is 111 cm³/mol. The van der Waals surface area contributed by atoms with E-state index in [1.165, 1.54) is 19.2 Å². The van der Waals surface area contributed by atoms with Gasteiger partial charge in [-0.1, -0.05) is 24.3 Å². The average Bonchev–Trinajstić information content (AvgIpc) is 2.78. The van der Waals surface area contributed by atoms with Gasteiger partial charge in [0.2, 0.25) is 11.8 Å². The van der Waals surface area contributed by atoms with Crippen molar-refractivity contribution in [2.24, 2.45) is 5.92 Å². The second-order valence-corrected chi connectivity index (χ2v) is 7.33. The maximum Gasteiger partial charge on any atom is 0.306 e. The van der Waals surface area contributed by atoms with Gasteiger partial charge in [0.15, 0.2) is 0 Å². The molecule has 6 nitrogen and oxygen atoms in total. The molecule has 2 amide bonds. The molecule has 0 spiro atoms. The summed E-state index contributed by atoms with van der Waals surface area (Å²) in [6.45, 7) is 0.924. The van der Waals surface area contributed by atoms with E-state index in [-0.39, 0.29) is 36.4 Å². The quantitative estimate of drug-likeness (QED) is 0.736. The van der Waals surface area contributed by atoms with E-state index < -0.39 is 5.97 Å². The Morgan fingerprint density at radius 3 is 2.60 bits per heavy atom. The highest BCUT2D eigenvalue weighted by atomic mass is 19.1. The van der Waals surface area contributed by atoms with E-state index in [9.17, 15) is 18.8 Å². The van der Waals surface area contributed by atoms with Crippen LogP contribution in [0.25, 0.3) is 11.1 Å². The molecule has 1 N–H and O–H groups in total. The summed E-state index contributed by atoms with van der Waals surface area (Å²) in [6.07, 6.45) is 1.56. The fourth-order valence-corrected chi connectivity index (χ4v) is 3.55. The third-order valence-corrected chi connectivity index (χ3v) is 5.22. The fourth-order valence-electron chi connectivity index (χ4n) is 3.55. The van der Waals surface area contributed by atoms with E-state index in [1.54, 1.807) is 23.1 Å². The Hall–Kier alpha value is -3.22. The number of carbonyl (C=O) groups excluding carboxylic acids is 3. The number of methoxy groups -OCH3 is 1. The topological polar surface area (TPSA) is 75.7 Å². The molecule has 1 saturated heterocycles. The van der Waals surface area contributed by atoms with Crippen molar-refractivity contribution >= 4 is 23.5 Å². The van der Waals surface area contributed by atoms with Crippen molar-refractivity contribution in [3.63, 3.8) is 0 Å². The zero-order chi connectivity index (χ0) is 21.5. The number of halogens is 1. The van der Waals surface area contributed by atoms with Gasteiger partial charge in [-0.15, -0.1) is 0 Å². The van der Waals surface area contributed by atoms with Gasteiger partial charge in [0.1, 0.15) is 5.82 Å². The van der Waals surface area contributed by atoms with Gasteiger partial charge in [0.05, 0.1) is 19.4 Å². The summed E-state index contributed by atoms with van der Waals surface area (Å²) in [7, 11) is 1.29. The lowest BCUT2D eigenvalue weighted by atomic mass is 9.96. The number of nitrogens with zero attached hydrogens (tertiary/aromatic N) is 1. The highest BCUT2D eigenvalue weighted by Gasteiger charge is 2.28. The molecule has 2 aromatic carbocycles. The van der Waals surface area contributed by atoms with Gasteiger partial charge in [-0.2, -0.15) is 0 Å². The first-order valence-electron chi connectivity index (χ1n) is 9.97. The van der Waals surface area contributed by atoms with E-state index in [0.29, 0.717) is 25.2 Å². The van der Waals surface area contributed by atoms with Crippen LogP contribution in [0.4, 0.5) is 10.1 Å². The largest absolute Gasteiger partial charge is 0.469 e. The molecule has 1 aliphatic rings. The summed E-state index contributed by atoms with van der Waals surface area (Å²) in [5.74, 6) is -1.31. The summed E-state index contributed by atoms with van der Waals surface area (Å²) < 4.78 is 17.7. The van der Waals surface area contributed by atoms with Crippen molar-refractivity contribution in [3.8, 4) is 11.1 Å². The number of piperidine rings is 1. The van der Waals surface area contributed by atoms with Gasteiger partial charge < -0.3 is 15.0 Å². The van der Waals surface area contributed by atoms with Crippen LogP contribution in [-0.2, 0) is 19.1 Å². The smallest absolute Gasteiger partial charge is 0.306 e. The van der Waals surface area contributed by atoms with E-state index in [4.69, 9.17) is 0 Å². The van der Waals surface area contributed by atoms with Gasteiger partial charge >= 0.3 is 5.97 Å². The van der Waals surface area contributed by atoms with E-state index in [1.807, 2.05) is 18.2 Å². The minimum atomic E-state index is -0.421. The SMILES string of the molecule is COC(=O)CCC(=O)N1CCC[C@H](C(=O)Nc2cccc(-c3ccc(F)cc3)c2)C1. The van der Waals surface area contributed by atoms with Crippen molar-refractivity contribution in [2.45, 2.75) is 25.7 Å². The number of ether oxygens (including phenoxy) is 1. The summed E-state index contributed by atoms with van der Waals surface area (Å²) >= 11 is 0. The number of rotatable bonds is 6. The normalized spacial score (nSPS) is 16.1. The first kappa shape index (κ1) is 21.5. The van der Waals surface area contributed by atoms with Crippen LogP contribution in [0.2, 0.25) is 0 Å². The van der Waals surface area contributed by atoms with Crippen LogP contribution in [-0.4, -0.2) is 42.9 Å². The minimum absolute atomic E-state index is 0.0405. The second-order valence-electron chi connectivity index (χ2n) is 7.33. The van der Waals surface area contributed by atoms with Crippen molar-refractivity contribution in [2.75, 3.05) is 25.5 Å². The van der Waals surface area contributed by atoms with Crippen LogP contribution >= 0.6 is 0 Å². The van der Waals surface area contributed by atoms with Crippen molar-refractivity contribution in [1.82, 2.24) is 4.90 Å². The second kappa shape index (κ2) is 10.0. The molecule has 1 atom stereocenters.